The monoisotopic (exact) mass is 225 g/mol. The van der Waals surface area contributed by atoms with Crippen molar-refractivity contribution in [3.63, 3.8) is 0 Å². The van der Waals surface area contributed by atoms with Crippen molar-refractivity contribution in [1.29, 1.82) is 0 Å². The lowest BCUT2D eigenvalue weighted by Gasteiger charge is -2.16. The average molecular weight is 225 g/mol. The first-order valence-corrected chi connectivity index (χ1v) is 5.43. The van der Waals surface area contributed by atoms with E-state index in [2.05, 4.69) is 15.3 Å². The standard InChI is InChI=1S/C11H19N3O2/c1-4-16-8-5-9(12-2)10-11(15-3)14-7-6-13-10/h6-7,9,12H,4-5,8H2,1-3H3. The molecule has 0 aliphatic carbocycles. The summed E-state index contributed by atoms with van der Waals surface area (Å²) in [6.07, 6.45) is 4.14. The maximum Gasteiger partial charge on any atom is 0.236 e. The van der Waals surface area contributed by atoms with Crippen LogP contribution in [0.1, 0.15) is 25.1 Å². The minimum Gasteiger partial charge on any atom is -0.480 e. The molecule has 5 heteroatoms. The van der Waals surface area contributed by atoms with Crippen LogP contribution in [0.5, 0.6) is 5.88 Å². The van der Waals surface area contributed by atoms with Crippen LogP contribution in [0.15, 0.2) is 12.4 Å². The fourth-order valence-corrected chi connectivity index (χ4v) is 1.50. The highest BCUT2D eigenvalue weighted by Gasteiger charge is 2.16. The van der Waals surface area contributed by atoms with Gasteiger partial charge < -0.3 is 14.8 Å². The van der Waals surface area contributed by atoms with Crippen LogP contribution in [0.25, 0.3) is 0 Å². The van der Waals surface area contributed by atoms with E-state index in [0.29, 0.717) is 12.5 Å². The summed E-state index contributed by atoms with van der Waals surface area (Å²) in [5.41, 5.74) is 0.826. The van der Waals surface area contributed by atoms with E-state index in [1.165, 1.54) is 0 Å². The van der Waals surface area contributed by atoms with Gasteiger partial charge in [0.1, 0.15) is 5.69 Å². The molecule has 0 fully saturated rings. The van der Waals surface area contributed by atoms with Crippen molar-refractivity contribution in [3.8, 4) is 5.88 Å². The lowest BCUT2D eigenvalue weighted by Crippen LogP contribution is -2.20. The van der Waals surface area contributed by atoms with Crippen molar-refractivity contribution in [3.05, 3.63) is 18.1 Å². The van der Waals surface area contributed by atoms with Gasteiger partial charge in [-0.25, -0.2) is 4.98 Å². The second-order valence-electron chi connectivity index (χ2n) is 3.28. The molecule has 0 saturated heterocycles. The third-order valence-corrected chi connectivity index (χ3v) is 2.32. The molecule has 1 aromatic rings. The number of nitrogens with zero attached hydrogens (tertiary/aromatic N) is 2. The average Bonchev–Trinajstić information content (AvgIpc) is 2.35. The third kappa shape index (κ3) is 3.43. The lowest BCUT2D eigenvalue weighted by atomic mass is 10.1. The first-order chi connectivity index (χ1) is 7.83. The van der Waals surface area contributed by atoms with Crippen LogP contribution < -0.4 is 10.1 Å². The van der Waals surface area contributed by atoms with Gasteiger partial charge in [-0.15, -0.1) is 0 Å². The molecular formula is C11H19N3O2. The first-order valence-electron chi connectivity index (χ1n) is 5.43. The van der Waals surface area contributed by atoms with E-state index in [1.807, 2.05) is 14.0 Å². The molecule has 5 nitrogen and oxygen atoms in total. The smallest absolute Gasteiger partial charge is 0.236 e. The second-order valence-corrected chi connectivity index (χ2v) is 3.28. The highest BCUT2D eigenvalue weighted by Crippen LogP contribution is 2.21. The zero-order chi connectivity index (χ0) is 11.8. The van der Waals surface area contributed by atoms with Crippen LogP contribution >= 0.6 is 0 Å². The Balaban J connectivity index is 2.69. The van der Waals surface area contributed by atoms with Gasteiger partial charge >= 0.3 is 0 Å². The number of ether oxygens (including phenoxy) is 2. The summed E-state index contributed by atoms with van der Waals surface area (Å²) in [7, 11) is 3.49. The van der Waals surface area contributed by atoms with Crippen LogP contribution in [0.4, 0.5) is 0 Å². The van der Waals surface area contributed by atoms with Crippen LogP contribution in [-0.2, 0) is 4.74 Å². The molecule has 1 N–H and O–H groups in total. The van der Waals surface area contributed by atoms with Crippen LogP contribution in [0.3, 0.4) is 0 Å². The molecule has 1 unspecified atom stereocenters. The predicted octanol–water partition coefficient (Wildman–Crippen LogP) is 1.17. The number of nitrogens with one attached hydrogen (secondary N) is 1. The van der Waals surface area contributed by atoms with Gasteiger partial charge in [0, 0.05) is 25.6 Å². The van der Waals surface area contributed by atoms with Crippen molar-refractivity contribution in [2.45, 2.75) is 19.4 Å². The van der Waals surface area contributed by atoms with Crippen molar-refractivity contribution >= 4 is 0 Å². The number of hydrogen-bond acceptors (Lipinski definition) is 5. The van der Waals surface area contributed by atoms with Crippen LogP contribution in [0, 0.1) is 0 Å². The molecule has 0 amide bonds. The number of methoxy groups -OCH3 is 1. The molecule has 0 saturated carbocycles. The normalized spacial score (nSPS) is 12.4. The summed E-state index contributed by atoms with van der Waals surface area (Å²) in [5, 5.41) is 3.19. The van der Waals surface area contributed by atoms with Crippen LogP contribution in [0.2, 0.25) is 0 Å². The van der Waals surface area contributed by atoms with Crippen molar-refractivity contribution < 1.29 is 9.47 Å². The van der Waals surface area contributed by atoms with Gasteiger partial charge in [0.2, 0.25) is 5.88 Å². The van der Waals surface area contributed by atoms with E-state index in [0.717, 1.165) is 18.7 Å². The SMILES string of the molecule is CCOCCC(NC)c1nccnc1OC. The molecule has 0 aliphatic heterocycles. The van der Waals surface area contributed by atoms with Crippen molar-refractivity contribution in [2.24, 2.45) is 0 Å². The largest absolute Gasteiger partial charge is 0.480 e. The first kappa shape index (κ1) is 12.9. The highest BCUT2D eigenvalue weighted by atomic mass is 16.5. The zero-order valence-corrected chi connectivity index (χ0v) is 10.1. The van der Waals surface area contributed by atoms with Gasteiger partial charge in [-0.2, -0.15) is 0 Å². The summed E-state index contributed by atoms with van der Waals surface area (Å²) >= 11 is 0. The van der Waals surface area contributed by atoms with E-state index in [1.54, 1.807) is 19.5 Å². The summed E-state index contributed by atoms with van der Waals surface area (Å²) in [6, 6.07) is 0.107. The molecule has 1 aromatic heterocycles. The topological polar surface area (TPSA) is 56.3 Å². The van der Waals surface area contributed by atoms with Gasteiger partial charge in [0.15, 0.2) is 0 Å². The summed E-state index contributed by atoms with van der Waals surface area (Å²) in [6.45, 7) is 3.41. The fraction of sp³-hybridized carbons (Fsp3) is 0.636. The summed E-state index contributed by atoms with van der Waals surface area (Å²) < 4.78 is 10.5. The molecule has 0 radical (unpaired) electrons. The highest BCUT2D eigenvalue weighted by molar-refractivity contribution is 5.20. The Kier molecular flexibility index (Phi) is 5.74. The fourth-order valence-electron chi connectivity index (χ4n) is 1.50. The third-order valence-electron chi connectivity index (χ3n) is 2.32. The maximum absolute atomic E-state index is 5.33. The number of aromatic nitrogens is 2. The van der Waals surface area contributed by atoms with Crippen molar-refractivity contribution in [2.75, 3.05) is 27.4 Å². The van der Waals surface area contributed by atoms with E-state index in [-0.39, 0.29) is 6.04 Å². The molecule has 1 atom stereocenters. The minimum absolute atomic E-state index is 0.107. The van der Waals surface area contributed by atoms with Crippen molar-refractivity contribution in [1.82, 2.24) is 15.3 Å². The molecule has 0 aliphatic rings. The predicted molar refractivity (Wildman–Crippen MR) is 61.5 cm³/mol. The molecule has 1 heterocycles. The van der Waals surface area contributed by atoms with Gasteiger partial charge in [0.25, 0.3) is 0 Å². The quantitative estimate of drug-likeness (QED) is 0.706. The maximum atomic E-state index is 5.33. The Labute approximate surface area is 96.2 Å². The zero-order valence-electron chi connectivity index (χ0n) is 10.1. The lowest BCUT2D eigenvalue weighted by molar-refractivity contribution is 0.136. The molecule has 0 bridgehead atoms. The Morgan fingerprint density at radius 1 is 1.38 bits per heavy atom. The van der Waals surface area contributed by atoms with Gasteiger partial charge in [-0.1, -0.05) is 0 Å². The molecule has 1 rings (SSSR count). The summed E-state index contributed by atoms with van der Waals surface area (Å²) in [4.78, 5) is 8.42. The Morgan fingerprint density at radius 2 is 2.12 bits per heavy atom. The molecule has 90 valence electrons. The molecular weight excluding hydrogens is 206 g/mol. The van der Waals surface area contributed by atoms with Gasteiger partial charge in [-0.3, -0.25) is 4.98 Å². The van der Waals surface area contributed by atoms with Gasteiger partial charge in [-0.05, 0) is 20.4 Å². The second kappa shape index (κ2) is 7.14. The van der Waals surface area contributed by atoms with E-state index in [9.17, 15) is 0 Å². The molecule has 16 heavy (non-hydrogen) atoms. The van der Waals surface area contributed by atoms with E-state index in [4.69, 9.17) is 9.47 Å². The number of rotatable bonds is 7. The summed E-state index contributed by atoms with van der Waals surface area (Å²) in [5.74, 6) is 0.568. The Bertz CT molecular complexity index is 307. The van der Waals surface area contributed by atoms with E-state index >= 15 is 0 Å². The van der Waals surface area contributed by atoms with Gasteiger partial charge in [0.05, 0.1) is 13.2 Å². The van der Waals surface area contributed by atoms with Crippen LogP contribution in [-0.4, -0.2) is 37.3 Å². The Hall–Kier alpha value is -1.20. The minimum atomic E-state index is 0.107. The Morgan fingerprint density at radius 3 is 2.75 bits per heavy atom. The molecule has 0 aromatic carbocycles. The van der Waals surface area contributed by atoms with E-state index < -0.39 is 0 Å². The number of hydrogen-bond donors (Lipinski definition) is 1. The molecule has 0 spiro atoms.